The topological polar surface area (TPSA) is 78.9 Å². The van der Waals surface area contributed by atoms with E-state index < -0.39 is 6.10 Å². The lowest BCUT2D eigenvalue weighted by Crippen LogP contribution is -2.30. The van der Waals surface area contributed by atoms with Crippen LogP contribution in [0.25, 0.3) is 0 Å². The van der Waals surface area contributed by atoms with Crippen LogP contribution >= 0.6 is 0 Å². The first-order valence-corrected chi connectivity index (χ1v) is 24.3. The predicted octanol–water partition coefficient (Wildman–Crippen LogP) is 15.7. The third-order valence-corrected chi connectivity index (χ3v) is 10.2. The molecule has 0 aliphatic heterocycles. The van der Waals surface area contributed by atoms with Crippen molar-refractivity contribution in [2.75, 3.05) is 13.2 Å². The lowest BCUT2D eigenvalue weighted by Gasteiger charge is -2.18. The van der Waals surface area contributed by atoms with E-state index in [9.17, 15) is 14.4 Å². The molecule has 1 atom stereocenters. The second-order valence-corrected chi connectivity index (χ2v) is 16.0. The Bertz CT molecular complexity index is 1070. The third-order valence-electron chi connectivity index (χ3n) is 10.2. The highest BCUT2D eigenvalue weighted by Crippen LogP contribution is 2.13. The normalized spacial score (nSPS) is 12.5. The summed E-state index contributed by atoms with van der Waals surface area (Å²) in [4.78, 5) is 37.8. The summed E-state index contributed by atoms with van der Waals surface area (Å²) in [7, 11) is 0. The van der Waals surface area contributed by atoms with Crippen LogP contribution in [0.2, 0.25) is 0 Å². The van der Waals surface area contributed by atoms with Crippen molar-refractivity contribution in [1.29, 1.82) is 0 Å². The first-order chi connectivity index (χ1) is 28.5. The maximum Gasteiger partial charge on any atom is 0.306 e. The summed E-state index contributed by atoms with van der Waals surface area (Å²) >= 11 is 0. The molecular weight excluding hydrogens is 721 g/mol. The maximum absolute atomic E-state index is 12.7. The van der Waals surface area contributed by atoms with E-state index in [0.29, 0.717) is 19.3 Å². The van der Waals surface area contributed by atoms with Gasteiger partial charge in [-0.25, -0.2) is 0 Å². The summed E-state index contributed by atoms with van der Waals surface area (Å²) in [6.45, 7) is 6.44. The average molecular weight is 811 g/mol. The van der Waals surface area contributed by atoms with Gasteiger partial charge in [-0.3, -0.25) is 14.4 Å². The molecule has 0 N–H and O–H groups in total. The molecule has 0 aliphatic carbocycles. The van der Waals surface area contributed by atoms with Crippen molar-refractivity contribution in [3.63, 3.8) is 0 Å². The van der Waals surface area contributed by atoms with Crippen molar-refractivity contribution in [3.8, 4) is 0 Å². The molecule has 0 saturated heterocycles. The number of esters is 3. The Hall–Kier alpha value is -2.89. The number of allylic oxidation sites excluding steroid dienone is 10. The highest BCUT2D eigenvalue weighted by atomic mass is 16.6. The Balaban J connectivity index is 4.47. The maximum atomic E-state index is 12.7. The Morgan fingerprint density at radius 3 is 1.14 bits per heavy atom. The Morgan fingerprint density at radius 1 is 0.362 bits per heavy atom. The molecule has 6 nitrogen and oxygen atoms in total. The number of hydrogen-bond acceptors (Lipinski definition) is 6. The van der Waals surface area contributed by atoms with Gasteiger partial charge in [0.05, 0.1) is 0 Å². The molecular formula is C52H90O6. The smallest absolute Gasteiger partial charge is 0.306 e. The van der Waals surface area contributed by atoms with Crippen LogP contribution in [0.5, 0.6) is 0 Å². The molecule has 334 valence electrons. The van der Waals surface area contributed by atoms with Crippen LogP contribution in [0.1, 0.15) is 233 Å². The fourth-order valence-corrected chi connectivity index (χ4v) is 6.58. The third kappa shape index (κ3) is 44.2. The minimum Gasteiger partial charge on any atom is -0.462 e. The molecule has 6 heteroatoms. The standard InChI is InChI=1S/C52H90O6/c1-4-7-10-13-16-19-22-25-28-30-33-36-39-42-45-51(54)57-48-49(58-52(55)46-43-40-37-34-31-27-24-21-18-15-12-9-6-3)47-56-50(53)44-41-38-35-32-29-26-23-20-17-14-11-8-5-2/h7,10,16,19,26-27,29,31,37,40,49H,4-6,8-9,11-15,17-18,20-25,28,30,32-36,38-39,41-48H2,1-3H3/b10-7+,19-16+,29-26+,31-27+,40-37+. The first kappa shape index (κ1) is 55.1. The van der Waals surface area contributed by atoms with Crippen LogP contribution in [0.3, 0.4) is 0 Å². The molecule has 0 heterocycles. The lowest BCUT2D eigenvalue weighted by atomic mass is 10.1. The largest absolute Gasteiger partial charge is 0.462 e. The molecule has 0 rings (SSSR count). The summed E-state index contributed by atoms with van der Waals surface area (Å²) in [6, 6.07) is 0. The Morgan fingerprint density at radius 2 is 0.707 bits per heavy atom. The second kappa shape index (κ2) is 46.8. The van der Waals surface area contributed by atoms with Gasteiger partial charge in [0.2, 0.25) is 0 Å². The molecule has 0 aliphatic rings. The molecule has 0 saturated carbocycles. The molecule has 0 spiro atoms. The van der Waals surface area contributed by atoms with Gasteiger partial charge in [0.1, 0.15) is 13.2 Å². The summed E-state index contributed by atoms with van der Waals surface area (Å²) in [5.41, 5.74) is 0. The monoisotopic (exact) mass is 811 g/mol. The van der Waals surface area contributed by atoms with Gasteiger partial charge in [0, 0.05) is 19.3 Å². The van der Waals surface area contributed by atoms with Crippen molar-refractivity contribution >= 4 is 17.9 Å². The summed E-state index contributed by atoms with van der Waals surface area (Å²) in [5, 5.41) is 0. The molecule has 58 heavy (non-hydrogen) atoms. The molecule has 0 amide bonds. The van der Waals surface area contributed by atoms with Gasteiger partial charge in [-0.15, -0.1) is 0 Å². The van der Waals surface area contributed by atoms with E-state index in [1.54, 1.807) is 0 Å². The number of ether oxygens (including phenoxy) is 3. The van der Waals surface area contributed by atoms with Gasteiger partial charge in [-0.1, -0.05) is 184 Å². The zero-order valence-electron chi connectivity index (χ0n) is 38.0. The molecule has 0 aromatic heterocycles. The fraction of sp³-hybridized carbons (Fsp3) is 0.750. The van der Waals surface area contributed by atoms with Crippen molar-refractivity contribution in [1.82, 2.24) is 0 Å². The van der Waals surface area contributed by atoms with E-state index in [4.69, 9.17) is 14.2 Å². The summed E-state index contributed by atoms with van der Waals surface area (Å²) in [5.74, 6) is -0.999. The van der Waals surface area contributed by atoms with Crippen LogP contribution in [-0.2, 0) is 28.6 Å². The lowest BCUT2D eigenvalue weighted by molar-refractivity contribution is -0.166. The molecule has 0 bridgehead atoms. The van der Waals surface area contributed by atoms with E-state index in [-0.39, 0.29) is 37.5 Å². The van der Waals surface area contributed by atoms with Crippen molar-refractivity contribution in [3.05, 3.63) is 60.8 Å². The highest BCUT2D eigenvalue weighted by molar-refractivity contribution is 5.71. The summed E-state index contributed by atoms with van der Waals surface area (Å²) in [6.07, 6.45) is 56.4. The van der Waals surface area contributed by atoms with Gasteiger partial charge in [-0.05, 0) is 89.9 Å². The van der Waals surface area contributed by atoms with E-state index in [2.05, 4.69) is 75.5 Å². The molecule has 0 fully saturated rings. The molecule has 0 aromatic rings. The number of unbranched alkanes of at least 4 members (excludes halogenated alkanes) is 22. The fourth-order valence-electron chi connectivity index (χ4n) is 6.58. The number of carbonyl (C=O) groups is 3. The minimum absolute atomic E-state index is 0.106. The van der Waals surface area contributed by atoms with Crippen molar-refractivity contribution < 1.29 is 28.6 Å². The SMILES string of the molecule is CC/C=C/C/C=C/CCCCCCCCCC(=O)OCC(COC(=O)CCCCC/C=C/CCCCCCCC)OC(=O)CC/C=C/C/C=C/CCCCCCCC. The van der Waals surface area contributed by atoms with Crippen molar-refractivity contribution in [2.24, 2.45) is 0 Å². The summed E-state index contributed by atoms with van der Waals surface area (Å²) < 4.78 is 16.7. The minimum atomic E-state index is -0.811. The first-order valence-electron chi connectivity index (χ1n) is 24.3. The second-order valence-electron chi connectivity index (χ2n) is 16.0. The van der Waals surface area contributed by atoms with E-state index >= 15 is 0 Å². The molecule has 0 radical (unpaired) electrons. The van der Waals surface area contributed by atoms with Crippen LogP contribution in [0.4, 0.5) is 0 Å². The van der Waals surface area contributed by atoms with Crippen LogP contribution in [0, 0.1) is 0 Å². The number of carbonyl (C=O) groups excluding carboxylic acids is 3. The van der Waals surface area contributed by atoms with E-state index in [1.165, 1.54) is 103 Å². The zero-order chi connectivity index (χ0) is 42.3. The van der Waals surface area contributed by atoms with Gasteiger partial charge < -0.3 is 14.2 Å². The van der Waals surface area contributed by atoms with Crippen LogP contribution in [-0.4, -0.2) is 37.2 Å². The van der Waals surface area contributed by atoms with Gasteiger partial charge in [-0.2, -0.15) is 0 Å². The van der Waals surface area contributed by atoms with Crippen LogP contribution < -0.4 is 0 Å². The Labute approximate surface area is 358 Å². The predicted molar refractivity (Wildman–Crippen MR) is 247 cm³/mol. The van der Waals surface area contributed by atoms with Crippen molar-refractivity contribution in [2.45, 2.75) is 239 Å². The zero-order valence-corrected chi connectivity index (χ0v) is 38.0. The Kier molecular flexibility index (Phi) is 44.5. The van der Waals surface area contributed by atoms with Gasteiger partial charge in [0.25, 0.3) is 0 Å². The molecule has 1 unspecified atom stereocenters. The van der Waals surface area contributed by atoms with E-state index in [0.717, 1.165) is 83.5 Å². The quantitative estimate of drug-likeness (QED) is 0.0264. The molecule has 0 aromatic carbocycles. The van der Waals surface area contributed by atoms with Gasteiger partial charge in [0.15, 0.2) is 6.10 Å². The highest BCUT2D eigenvalue weighted by Gasteiger charge is 2.19. The van der Waals surface area contributed by atoms with Crippen LogP contribution in [0.15, 0.2) is 60.8 Å². The van der Waals surface area contributed by atoms with E-state index in [1.807, 2.05) is 6.08 Å². The number of rotatable bonds is 43. The average Bonchev–Trinajstić information content (AvgIpc) is 3.22. The number of hydrogen-bond donors (Lipinski definition) is 0. The van der Waals surface area contributed by atoms with Gasteiger partial charge >= 0.3 is 17.9 Å².